The molecule has 5 heteroatoms. The summed E-state index contributed by atoms with van der Waals surface area (Å²) >= 11 is 1.68. The molecule has 2 amide bonds. The number of unbranched alkanes of at least 4 members (excludes halogenated alkanes) is 1. The molecule has 18 heavy (non-hydrogen) atoms. The van der Waals surface area contributed by atoms with E-state index in [-0.39, 0.29) is 11.8 Å². The Labute approximate surface area is 112 Å². The van der Waals surface area contributed by atoms with Crippen molar-refractivity contribution in [3.63, 3.8) is 0 Å². The SMILES string of the molecule is CC(=O)NCCCCNC(=O)CCc1cccs1. The molecule has 1 rings (SSSR count). The van der Waals surface area contributed by atoms with Crippen molar-refractivity contribution < 1.29 is 9.59 Å². The third kappa shape index (κ3) is 7.06. The van der Waals surface area contributed by atoms with Gasteiger partial charge in [-0.05, 0) is 30.7 Å². The van der Waals surface area contributed by atoms with Gasteiger partial charge in [-0.15, -0.1) is 11.3 Å². The molecule has 0 radical (unpaired) electrons. The number of hydrogen-bond acceptors (Lipinski definition) is 3. The van der Waals surface area contributed by atoms with E-state index in [1.165, 1.54) is 11.8 Å². The molecule has 2 N–H and O–H groups in total. The lowest BCUT2D eigenvalue weighted by Crippen LogP contribution is -2.26. The monoisotopic (exact) mass is 268 g/mol. The Morgan fingerprint density at radius 3 is 2.56 bits per heavy atom. The van der Waals surface area contributed by atoms with Gasteiger partial charge >= 0.3 is 0 Å². The molecule has 0 saturated carbocycles. The summed E-state index contributed by atoms with van der Waals surface area (Å²) in [6.07, 6.45) is 3.15. The fourth-order valence-electron chi connectivity index (χ4n) is 1.52. The van der Waals surface area contributed by atoms with Crippen molar-refractivity contribution in [2.75, 3.05) is 13.1 Å². The minimum atomic E-state index is -0.00464. The van der Waals surface area contributed by atoms with Gasteiger partial charge in [0.05, 0.1) is 0 Å². The maximum Gasteiger partial charge on any atom is 0.220 e. The summed E-state index contributed by atoms with van der Waals surface area (Å²) in [5.41, 5.74) is 0. The fourth-order valence-corrected chi connectivity index (χ4v) is 2.23. The summed E-state index contributed by atoms with van der Waals surface area (Å²) in [6.45, 7) is 2.87. The van der Waals surface area contributed by atoms with Crippen molar-refractivity contribution in [2.45, 2.75) is 32.6 Å². The van der Waals surface area contributed by atoms with Crippen molar-refractivity contribution in [1.29, 1.82) is 0 Å². The predicted molar refractivity (Wildman–Crippen MR) is 73.6 cm³/mol. The molecule has 0 aliphatic carbocycles. The van der Waals surface area contributed by atoms with Gasteiger partial charge in [-0.25, -0.2) is 0 Å². The highest BCUT2D eigenvalue weighted by Crippen LogP contribution is 2.10. The molecule has 0 atom stereocenters. The molecule has 0 spiro atoms. The maximum atomic E-state index is 11.5. The van der Waals surface area contributed by atoms with E-state index in [1.807, 2.05) is 17.5 Å². The van der Waals surface area contributed by atoms with Crippen molar-refractivity contribution >= 4 is 23.2 Å². The smallest absolute Gasteiger partial charge is 0.220 e. The molecule has 0 aromatic carbocycles. The molecule has 0 aliphatic heterocycles. The average molecular weight is 268 g/mol. The zero-order valence-electron chi connectivity index (χ0n) is 10.7. The van der Waals surface area contributed by atoms with Gasteiger partial charge in [0, 0.05) is 31.3 Å². The molecule has 0 saturated heterocycles. The van der Waals surface area contributed by atoms with E-state index in [2.05, 4.69) is 10.6 Å². The first-order chi connectivity index (χ1) is 8.68. The lowest BCUT2D eigenvalue weighted by atomic mass is 10.2. The number of hydrogen-bond donors (Lipinski definition) is 2. The van der Waals surface area contributed by atoms with E-state index in [4.69, 9.17) is 0 Å². The van der Waals surface area contributed by atoms with Gasteiger partial charge in [-0.1, -0.05) is 6.07 Å². The van der Waals surface area contributed by atoms with Crippen LogP contribution in [0.5, 0.6) is 0 Å². The predicted octanol–water partition coefficient (Wildman–Crippen LogP) is 1.71. The third-order valence-corrected chi connectivity index (χ3v) is 3.41. The van der Waals surface area contributed by atoms with E-state index >= 15 is 0 Å². The van der Waals surface area contributed by atoms with Crippen LogP contribution >= 0.6 is 11.3 Å². The molecule has 1 aromatic heterocycles. The summed E-state index contributed by atoms with van der Waals surface area (Å²) < 4.78 is 0. The number of amides is 2. The lowest BCUT2D eigenvalue weighted by molar-refractivity contribution is -0.121. The fraction of sp³-hybridized carbons (Fsp3) is 0.538. The Morgan fingerprint density at radius 1 is 1.22 bits per heavy atom. The second-order valence-electron chi connectivity index (χ2n) is 4.12. The Morgan fingerprint density at radius 2 is 1.94 bits per heavy atom. The molecule has 100 valence electrons. The van der Waals surface area contributed by atoms with Gasteiger partial charge in [0.25, 0.3) is 0 Å². The van der Waals surface area contributed by atoms with Gasteiger partial charge in [-0.3, -0.25) is 9.59 Å². The van der Waals surface area contributed by atoms with Crippen LogP contribution in [-0.2, 0) is 16.0 Å². The Hall–Kier alpha value is -1.36. The van der Waals surface area contributed by atoms with Gasteiger partial charge in [0.15, 0.2) is 0 Å². The summed E-state index contributed by atoms with van der Waals surface area (Å²) in [7, 11) is 0. The van der Waals surface area contributed by atoms with Crippen molar-refractivity contribution in [3.8, 4) is 0 Å². The highest BCUT2D eigenvalue weighted by molar-refractivity contribution is 7.09. The van der Waals surface area contributed by atoms with Gasteiger partial charge < -0.3 is 10.6 Å². The molecule has 1 aromatic rings. The standard InChI is InChI=1S/C13H20N2O2S/c1-11(16)14-8-2-3-9-15-13(17)7-6-12-5-4-10-18-12/h4-5,10H,2-3,6-9H2,1H3,(H,14,16)(H,15,17). The normalized spacial score (nSPS) is 10.1. The van der Waals surface area contributed by atoms with Crippen molar-refractivity contribution in [3.05, 3.63) is 22.4 Å². The van der Waals surface area contributed by atoms with Crippen molar-refractivity contribution in [1.82, 2.24) is 10.6 Å². The number of carbonyl (C=O) groups is 2. The zero-order valence-corrected chi connectivity index (χ0v) is 11.5. The number of thiophene rings is 1. The second kappa shape index (κ2) is 8.69. The average Bonchev–Trinajstić information content (AvgIpc) is 2.83. The quantitative estimate of drug-likeness (QED) is 0.705. The lowest BCUT2D eigenvalue weighted by Gasteiger charge is -2.05. The van der Waals surface area contributed by atoms with E-state index in [0.29, 0.717) is 19.5 Å². The number of aryl methyl sites for hydroxylation is 1. The van der Waals surface area contributed by atoms with Gasteiger partial charge in [0.1, 0.15) is 0 Å². The zero-order chi connectivity index (χ0) is 13.2. The number of rotatable bonds is 8. The second-order valence-corrected chi connectivity index (χ2v) is 5.15. The Balaban J connectivity index is 1.95. The highest BCUT2D eigenvalue weighted by Gasteiger charge is 2.02. The van der Waals surface area contributed by atoms with E-state index in [0.717, 1.165) is 19.3 Å². The summed E-state index contributed by atoms with van der Waals surface area (Å²) in [5.74, 6) is 0.0953. The largest absolute Gasteiger partial charge is 0.356 e. The molecule has 4 nitrogen and oxygen atoms in total. The molecule has 0 aliphatic rings. The maximum absolute atomic E-state index is 11.5. The van der Waals surface area contributed by atoms with Crippen LogP contribution in [0.1, 0.15) is 31.1 Å². The molecule has 0 fully saturated rings. The minimum absolute atomic E-state index is 0.00464. The Bertz CT molecular complexity index is 363. The van der Waals surface area contributed by atoms with Crippen LogP contribution in [0.2, 0.25) is 0 Å². The van der Waals surface area contributed by atoms with Crippen LogP contribution < -0.4 is 10.6 Å². The molecule has 0 unspecified atom stereocenters. The van der Waals surface area contributed by atoms with Crippen LogP contribution in [0.25, 0.3) is 0 Å². The molecular weight excluding hydrogens is 248 g/mol. The first-order valence-corrected chi connectivity index (χ1v) is 7.10. The minimum Gasteiger partial charge on any atom is -0.356 e. The summed E-state index contributed by atoms with van der Waals surface area (Å²) in [4.78, 5) is 23.4. The molecule has 0 bridgehead atoms. The van der Waals surface area contributed by atoms with Crippen LogP contribution in [0.15, 0.2) is 17.5 Å². The van der Waals surface area contributed by atoms with Crippen LogP contribution in [0.4, 0.5) is 0 Å². The van der Waals surface area contributed by atoms with E-state index in [9.17, 15) is 9.59 Å². The van der Waals surface area contributed by atoms with Crippen LogP contribution in [-0.4, -0.2) is 24.9 Å². The van der Waals surface area contributed by atoms with Gasteiger partial charge in [-0.2, -0.15) is 0 Å². The molecule has 1 heterocycles. The third-order valence-electron chi connectivity index (χ3n) is 2.48. The first-order valence-electron chi connectivity index (χ1n) is 6.22. The first kappa shape index (κ1) is 14.7. The topological polar surface area (TPSA) is 58.2 Å². The number of nitrogens with one attached hydrogen (secondary N) is 2. The van der Waals surface area contributed by atoms with Crippen LogP contribution in [0.3, 0.4) is 0 Å². The summed E-state index contributed by atoms with van der Waals surface area (Å²) in [5, 5.41) is 7.64. The Kier molecular flexibility index (Phi) is 7.10. The van der Waals surface area contributed by atoms with Gasteiger partial charge in [0.2, 0.25) is 11.8 Å². The highest BCUT2D eigenvalue weighted by atomic mass is 32.1. The van der Waals surface area contributed by atoms with Crippen LogP contribution in [0, 0.1) is 0 Å². The molecular formula is C13H20N2O2S. The number of carbonyl (C=O) groups excluding carboxylic acids is 2. The van der Waals surface area contributed by atoms with E-state index in [1.54, 1.807) is 11.3 Å². The van der Waals surface area contributed by atoms with E-state index < -0.39 is 0 Å². The van der Waals surface area contributed by atoms with Crippen molar-refractivity contribution in [2.24, 2.45) is 0 Å². The summed E-state index contributed by atoms with van der Waals surface area (Å²) in [6, 6.07) is 4.05.